The molecule has 0 spiro atoms. The molecule has 0 atom stereocenters. The van der Waals surface area contributed by atoms with Crippen LogP contribution in [0.3, 0.4) is 0 Å². The zero-order valence-electron chi connectivity index (χ0n) is 13.3. The van der Waals surface area contributed by atoms with Crippen molar-refractivity contribution in [2.75, 3.05) is 0 Å². The molecular formula is C19H14BrNO4. The van der Waals surface area contributed by atoms with E-state index in [1.807, 2.05) is 31.2 Å². The van der Waals surface area contributed by atoms with Gasteiger partial charge >= 0.3 is 11.9 Å². The maximum atomic E-state index is 11.9. The van der Waals surface area contributed by atoms with E-state index in [9.17, 15) is 19.8 Å². The second kappa shape index (κ2) is 6.64. The molecule has 3 aromatic rings. The molecule has 0 aliphatic carbocycles. The number of benzene rings is 2. The Bertz CT molecular complexity index is 996. The van der Waals surface area contributed by atoms with Gasteiger partial charge in [0.05, 0.1) is 23.2 Å². The quantitative estimate of drug-likeness (QED) is 0.682. The third-order valence-electron chi connectivity index (χ3n) is 3.91. The molecule has 0 bridgehead atoms. The molecule has 0 saturated heterocycles. The number of fused-ring (bicyclic) bond motifs is 1. The van der Waals surface area contributed by atoms with Crippen LogP contribution < -0.4 is 0 Å². The number of halogens is 1. The zero-order chi connectivity index (χ0) is 18.1. The van der Waals surface area contributed by atoms with Crippen LogP contribution in [0.5, 0.6) is 0 Å². The lowest BCUT2D eigenvalue weighted by Gasteiger charge is -2.14. The Morgan fingerprint density at radius 3 is 2.36 bits per heavy atom. The summed E-state index contributed by atoms with van der Waals surface area (Å²) >= 11 is 3.33. The van der Waals surface area contributed by atoms with Gasteiger partial charge in [0.25, 0.3) is 0 Å². The number of aryl methyl sites for hydroxylation is 1. The number of hydrogen-bond acceptors (Lipinski definition) is 3. The minimum Gasteiger partial charge on any atom is -0.481 e. The van der Waals surface area contributed by atoms with E-state index in [1.165, 1.54) is 0 Å². The van der Waals surface area contributed by atoms with E-state index in [4.69, 9.17) is 0 Å². The second-order valence-electron chi connectivity index (χ2n) is 5.72. The lowest BCUT2D eigenvalue weighted by molar-refractivity contribution is -0.136. The van der Waals surface area contributed by atoms with E-state index >= 15 is 0 Å². The predicted octanol–water partition coefficient (Wildman–Crippen LogP) is 4.30. The van der Waals surface area contributed by atoms with Crippen molar-refractivity contribution in [3.63, 3.8) is 0 Å². The molecule has 0 aliphatic rings. The normalized spacial score (nSPS) is 10.8. The number of carboxylic acid groups (broad SMARTS) is 2. The summed E-state index contributed by atoms with van der Waals surface area (Å²) < 4.78 is 0.702. The summed E-state index contributed by atoms with van der Waals surface area (Å²) in [6, 6.07) is 12.5. The summed E-state index contributed by atoms with van der Waals surface area (Å²) in [7, 11) is 0. The van der Waals surface area contributed by atoms with Crippen molar-refractivity contribution in [3.05, 3.63) is 63.6 Å². The van der Waals surface area contributed by atoms with Gasteiger partial charge in [0.1, 0.15) is 0 Å². The Morgan fingerprint density at radius 2 is 1.76 bits per heavy atom. The SMILES string of the molecule is Cc1ccc(-c2nc3ccc(Br)cc3c(C(=O)O)c2CC(=O)O)cc1. The van der Waals surface area contributed by atoms with E-state index in [0.717, 1.165) is 5.56 Å². The molecule has 3 rings (SSSR count). The van der Waals surface area contributed by atoms with Gasteiger partial charge in [0, 0.05) is 21.0 Å². The maximum Gasteiger partial charge on any atom is 0.336 e. The molecule has 2 N–H and O–H groups in total. The molecule has 1 aromatic heterocycles. The lowest BCUT2D eigenvalue weighted by Crippen LogP contribution is -2.12. The molecular weight excluding hydrogens is 386 g/mol. The first-order chi connectivity index (χ1) is 11.9. The third-order valence-corrected chi connectivity index (χ3v) is 4.41. The van der Waals surface area contributed by atoms with Crippen molar-refractivity contribution in [3.8, 4) is 11.3 Å². The number of pyridine rings is 1. The van der Waals surface area contributed by atoms with Crippen molar-refractivity contribution in [1.82, 2.24) is 4.98 Å². The first kappa shape index (κ1) is 17.1. The van der Waals surface area contributed by atoms with E-state index in [0.29, 0.717) is 26.6 Å². The van der Waals surface area contributed by atoms with Gasteiger partial charge in [-0.2, -0.15) is 0 Å². The molecule has 6 heteroatoms. The van der Waals surface area contributed by atoms with Crippen LogP contribution >= 0.6 is 15.9 Å². The smallest absolute Gasteiger partial charge is 0.336 e. The fourth-order valence-corrected chi connectivity index (χ4v) is 3.15. The number of aliphatic carboxylic acids is 1. The fraction of sp³-hybridized carbons (Fsp3) is 0.105. The number of nitrogens with zero attached hydrogens (tertiary/aromatic N) is 1. The van der Waals surface area contributed by atoms with Crippen molar-refractivity contribution in [2.45, 2.75) is 13.3 Å². The predicted molar refractivity (Wildman–Crippen MR) is 97.9 cm³/mol. The molecule has 0 amide bonds. The highest BCUT2D eigenvalue weighted by atomic mass is 79.9. The summed E-state index contributed by atoms with van der Waals surface area (Å²) in [5.41, 5.74) is 2.81. The number of carbonyl (C=O) groups is 2. The van der Waals surface area contributed by atoms with Crippen molar-refractivity contribution >= 4 is 38.8 Å². The van der Waals surface area contributed by atoms with E-state index < -0.39 is 18.4 Å². The van der Waals surface area contributed by atoms with Crippen LogP contribution in [0.25, 0.3) is 22.2 Å². The van der Waals surface area contributed by atoms with Crippen molar-refractivity contribution in [1.29, 1.82) is 0 Å². The second-order valence-corrected chi connectivity index (χ2v) is 6.63. The van der Waals surface area contributed by atoms with Gasteiger partial charge in [0.2, 0.25) is 0 Å². The average molecular weight is 400 g/mol. The molecule has 0 unspecified atom stereocenters. The molecule has 0 saturated carbocycles. The van der Waals surface area contributed by atoms with Crippen LogP contribution in [0, 0.1) is 6.92 Å². The Kier molecular flexibility index (Phi) is 4.55. The van der Waals surface area contributed by atoms with Gasteiger partial charge in [-0.3, -0.25) is 4.79 Å². The van der Waals surface area contributed by atoms with Crippen LogP contribution in [0.4, 0.5) is 0 Å². The van der Waals surface area contributed by atoms with Crippen molar-refractivity contribution in [2.24, 2.45) is 0 Å². The highest BCUT2D eigenvalue weighted by molar-refractivity contribution is 9.10. The van der Waals surface area contributed by atoms with Crippen LogP contribution in [-0.4, -0.2) is 27.1 Å². The van der Waals surface area contributed by atoms with E-state index in [2.05, 4.69) is 20.9 Å². The standard InChI is InChI=1S/C19H14BrNO4/c1-10-2-4-11(5-3-10)18-14(9-16(22)23)17(19(24)25)13-8-12(20)6-7-15(13)21-18/h2-8H,9H2,1H3,(H,22,23)(H,24,25). The number of aromatic carboxylic acids is 1. The minimum absolute atomic E-state index is 0.0238. The van der Waals surface area contributed by atoms with Gasteiger partial charge in [-0.25, -0.2) is 9.78 Å². The Hall–Kier alpha value is -2.73. The van der Waals surface area contributed by atoms with Gasteiger partial charge in [-0.15, -0.1) is 0 Å². The highest BCUT2D eigenvalue weighted by Crippen LogP contribution is 2.32. The molecule has 25 heavy (non-hydrogen) atoms. The minimum atomic E-state index is -1.17. The fourth-order valence-electron chi connectivity index (χ4n) is 2.79. The van der Waals surface area contributed by atoms with Gasteiger partial charge in [-0.1, -0.05) is 45.8 Å². The highest BCUT2D eigenvalue weighted by Gasteiger charge is 2.23. The van der Waals surface area contributed by atoms with Gasteiger partial charge in [-0.05, 0) is 25.1 Å². The first-order valence-electron chi connectivity index (χ1n) is 7.51. The summed E-state index contributed by atoms with van der Waals surface area (Å²) in [5.74, 6) is -2.28. The van der Waals surface area contributed by atoms with Crippen LogP contribution in [0.15, 0.2) is 46.9 Å². The Labute approximate surface area is 152 Å². The molecule has 126 valence electrons. The third kappa shape index (κ3) is 3.39. The van der Waals surface area contributed by atoms with Crippen LogP contribution in [-0.2, 0) is 11.2 Å². The monoisotopic (exact) mass is 399 g/mol. The summed E-state index contributed by atoms with van der Waals surface area (Å²) in [6.07, 6.45) is -0.416. The van der Waals surface area contributed by atoms with Crippen LogP contribution in [0.1, 0.15) is 21.5 Å². The Morgan fingerprint density at radius 1 is 1.08 bits per heavy atom. The van der Waals surface area contributed by atoms with Crippen LogP contribution in [0.2, 0.25) is 0 Å². The first-order valence-corrected chi connectivity index (χ1v) is 8.30. The molecule has 1 heterocycles. The van der Waals surface area contributed by atoms with E-state index in [-0.39, 0.29) is 11.1 Å². The van der Waals surface area contributed by atoms with Gasteiger partial charge in [0.15, 0.2) is 0 Å². The molecule has 0 radical (unpaired) electrons. The topological polar surface area (TPSA) is 87.5 Å². The largest absolute Gasteiger partial charge is 0.481 e. The maximum absolute atomic E-state index is 11.9. The summed E-state index contributed by atoms with van der Waals surface area (Å²) in [4.78, 5) is 27.8. The summed E-state index contributed by atoms with van der Waals surface area (Å²) in [6.45, 7) is 1.94. The zero-order valence-corrected chi connectivity index (χ0v) is 14.9. The Balaban J connectivity index is 2.42. The molecule has 2 aromatic carbocycles. The lowest BCUT2D eigenvalue weighted by atomic mass is 9.94. The van der Waals surface area contributed by atoms with Gasteiger partial charge < -0.3 is 10.2 Å². The van der Waals surface area contributed by atoms with Crippen molar-refractivity contribution < 1.29 is 19.8 Å². The molecule has 0 aliphatic heterocycles. The van der Waals surface area contributed by atoms with E-state index in [1.54, 1.807) is 18.2 Å². The molecule has 0 fully saturated rings. The average Bonchev–Trinajstić information content (AvgIpc) is 2.54. The number of aromatic nitrogens is 1. The number of carboxylic acids is 2. The summed E-state index contributed by atoms with van der Waals surface area (Å²) in [5, 5.41) is 19.4. The number of hydrogen-bond donors (Lipinski definition) is 2. The molecule has 5 nitrogen and oxygen atoms in total. The number of rotatable bonds is 4.